The average Bonchev–Trinajstić information content (AvgIpc) is 1.82. The Balaban J connectivity index is 3.93. The number of alkyl halides is 1. The summed E-state index contributed by atoms with van der Waals surface area (Å²) in [5.41, 5.74) is 0. The standard InChI is InChI=1S/C9H21ClOSi/c1-7(2)8(3,4)12-11-9(5,6)10/h7H,12H2,1-6H3. The summed E-state index contributed by atoms with van der Waals surface area (Å²) in [6.45, 7) is 12.8. The summed E-state index contributed by atoms with van der Waals surface area (Å²) in [6, 6.07) is 0. The summed E-state index contributed by atoms with van der Waals surface area (Å²) < 4.78 is 5.66. The molecule has 0 spiro atoms. The van der Waals surface area contributed by atoms with E-state index in [1.165, 1.54) is 0 Å². The molecule has 0 saturated heterocycles. The molecule has 0 aromatic carbocycles. The van der Waals surface area contributed by atoms with Crippen molar-refractivity contribution in [1.82, 2.24) is 0 Å². The van der Waals surface area contributed by atoms with Crippen LogP contribution in [0.5, 0.6) is 0 Å². The Morgan fingerprint density at radius 3 is 1.83 bits per heavy atom. The van der Waals surface area contributed by atoms with Crippen LogP contribution in [0.15, 0.2) is 0 Å². The smallest absolute Gasteiger partial charge is 0.169 e. The van der Waals surface area contributed by atoms with E-state index < -0.39 is 14.8 Å². The molecule has 0 radical (unpaired) electrons. The van der Waals surface area contributed by atoms with Gasteiger partial charge in [-0.3, -0.25) is 0 Å². The summed E-state index contributed by atoms with van der Waals surface area (Å²) >= 11 is 5.96. The van der Waals surface area contributed by atoms with E-state index >= 15 is 0 Å². The zero-order valence-electron chi connectivity index (χ0n) is 9.07. The second-order valence-electron chi connectivity index (χ2n) is 4.80. The summed E-state index contributed by atoms with van der Waals surface area (Å²) in [5, 5.41) is -0.134. The van der Waals surface area contributed by atoms with Gasteiger partial charge < -0.3 is 4.43 Å². The maximum atomic E-state index is 5.96. The summed E-state index contributed by atoms with van der Waals surface area (Å²) in [6.07, 6.45) is 0. The number of hydrogen-bond acceptors (Lipinski definition) is 1. The van der Waals surface area contributed by atoms with Crippen LogP contribution in [-0.4, -0.2) is 14.8 Å². The molecule has 0 aliphatic carbocycles. The van der Waals surface area contributed by atoms with Gasteiger partial charge >= 0.3 is 0 Å². The second kappa shape index (κ2) is 4.12. The minimum absolute atomic E-state index is 0.339. The van der Waals surface area contributed by atoms with E-state index in [-0.39, 0.29) is 0 Å². The summed E-state index contributed by atoms with van der Waals surface area (Å²) in [7, 11) is -0.544. The zero-order valence-corrected chi connectivity index (χ0v) is 11.2. The molecular formula is C9H21ClOSi. The summed E-state index contributed by atoms with van der Waals surface area (Å²) in [4.78, 5) is 0. The van der Waals surface area contributed by atoms with Crippen LogP contribution < -0.4 is 0 Å². The Morgan fingerprint density at radius 2 is 1.58 bits per heavy atom. The van der Waals surface area contributed by atoms with Gasteiger partial charge in [0.25, 0.3) is 0 Å². The van der Waals surface area contributed by atoms with E-state index in [1.54, 1.807) is 0 Å². The highest BCUT2D eigenvalue weighted by molar-refractivity contribution is 6.34. The van der Waals surface area contributed by atoms with Gasteiger partial charge in [-0.1, -0.05) is 39.3 Å². The highest BCUT2D eigenvalue weighted by Crippen LogP contribution is 2.34. The molecule has 1 nitrogen and oxygen atoms in total. The molecular weight excluding hydrogens is 188 g/mol. The fourth-order valence-corrected chi connectivity index (χ4v) is 1.74. The Labute approximate surface area is 83.8 Å². The third-order valence-electron chi connectivity index (χ3n) is 2.35. The van der Waals surface area contributed by atoms with Gasteiger partial charge in [-0.05, 0) is 24.8 Å². The molecule has 0 heterocycles. The van der Waals surface area contributed by atoms with Gasteiger partial charge in [0, 0.05) is 0 Å². The van der Waals surface area contributed by atoms with Crippen LogP contribution >= 0.6 is 11.6 Å². The fraction of sp³-hybridized carbons (Fsp3) is 1.00. The molecule has 0 atom stereocenters. The van der Waals surface area contributed by atoms with Crippen molar-refractivity contribution in [3.05, 3.63) is 0 Å². The molecule has 0 saturated carbocycles. The van der Waals surface area contributed by atoms with Crippen LogP contribution in [0.25, 0.3) is 0 Å². The Bertz CT molecular complexity index is 138. The van der Waals surface area contributed by atoms with Gasteiger partial charge in [0.2, 0.25) is 0 Å². The van der Waals surface area contributed by atoms with E-state index in [9.17, 15) is 0 Å². The van der Waals surface area contributed by atoms with Crippen molar-refractivity contribution in [3.8, 4) is 0 Å². The van der Waals surface area contributed by atoms with Crippen molar-refractivity contribution >= 4 is 21.4 Å². The predicted molar refractivity (Wildman–Crippen MR) is 58.4 cm³/mol. The molecule has 12 heavy (non-hydrogen) atoms. The van der Waals surface area contributed by atoms with Crippen molar-refractivity contribution in [2.45, 2.75) is 51.6 Å². The van der Waals surface area contributed by atoms with Crippen LogP contribution in [-0.2, 0) is 4.43 Å². The van der Waals surface area contributed by atoms with Gasteiger partial charge in [-0.2, -0.15) is 0 Å². The fourth-order valence-electron chi connectivity index (χ4n) is 0.524. The minimum Gasteiger partial charge on any atom is -0.406 e. The molecule has 74 valence electrons. The van der Waals surface area contributed by atoms with Crippen molar-refractivity contribution < 1.29 is 4.43 Å². The lowest BCUT2D eigenvalue weighted by molar-refractivity contribution is 0.194. The minimum atomic E-state index is -0.544. The molecule has 0 aliphatic rings. The van der Waals surface area contributed by atoms with Gasteiger partial charge in [0.05, 0.1) is 0 Å². The van der Waals surface area contributed by atoms with Crippen molar-refractivity contribution in [2.24, 2.45) is 5.92 Å². The maximum Gasteiger partial charge on any atom is 0.169 e. The largest absolute Gasteiger partial charge is 0.406 e. The lowest BCUT2D eigenvalue weighted by Crippen LogP contribution is -2.28. The molecule has 0 rings (SSSR count). The van der Waals surface area contributed by atoms with Gasteiger partial charge in [-0.25, -0.2) is 0 Å². The van der Waals surface area contributed by atoms with Crippen molar-refractivity contribution in [1.29, 1.82) is 0 Å². The van der Waals surface area contributed by atoms with Crippen LogP contribution in [0.3, 0.4) is 0 Å². The van der Waals surface area contributed by atoms with Crippen LogP contribution in [0.1, 0.15) is 41.5 Å². The maximum absolute atomic E-state index is 5.96. The Kier molecular flexibility index (Phi) is 4.28. The van der Waals surface area contributed by atoms with Gasteiger partial charge in [0.1, 0.15) is 5.06 Å². The van der Waals surface area contributed by atoms with E-state index in [4.69, 9.17) is 16.0 Å². The van der Waals surface area contributed by atoms with Crippen molar-refractivity contribution in [2.75, 3.05) is 0 Å². The molecule has 0 N–H and O–H groups in total. The van der Waals surface area contributed by atoms with Crippen LogP contribution in [0.2, 0.25) is 5.04 Å². The molecule has 0 bridgehead atoms. The number of hydrogen-bond donors (Lipinski definition) is 0. The summed E-state index contributed by atoms with van der Waals surface area (Å²) in [5.74, 6) is 0.670. The molecule has 0 aromatic rings. The first-order chi connectivity index (χ1) is 5.15. The lowest BCUT2D eigenvalue weighted by Gasteiger charge is -2.31. The zero-order chi connectivity index (χ0) is 9.99. The van der Waals surface area contributed by atoms with E-state index in [1.807, 2.05) is 13.8 Å². The third kappa shape index (κ3) is 5.17. The lowest BCUT2D eigenvalue weighted by atomic mass is 9.99. The van der Waals surface area contributed by atoms with Crippen molar-refractivity contribution in [3.63, 3.8) is 0 Å². The molecule has 0 aliphatic heterocycles. The number of rotatable bonds is 4. The molecule has 3 heteroatoms. The normalized spacial score (nSPS) is 15.0. The van der Waals surface area contributed by atoms with E-state index in [0.29, 0.717) is 11.0 Å². The second-order valence-corrected chi connectivity index (χ2v) is 8.11. The van der Waals surface area contributed by atoms with Crippen LogP contribution in [0.4, 0.5) is 0 Å². The SMILES string of the molecule is CC(C)C(C)(C)[SiH2]OC(C)(C)Cl. The first-order valence-corrected chi connectivity index (χ1v) is 6.14. The first-order valence-electron chi connectivity index (χ1n) is 4.48. The highest BCUT2D eigenvalue weighted by atomic mass is 35.5. The van der Waals surface area contributed by atoms with E-state index in [2.05, 4.69) is 27.7 Å². The first kappa shape index (κ1) is 12.5. The molecule has 0 fully saturated rings. The number of halogens is 1. The van der Waals surface area contributed by atoms with Crippen LogP contribution in [0, 0.1) is 5.92 Å². The predicted octanol–water partition coefficient (Wildman–Crippen LogP) is 2.92. The molecule has 0 amide bonds. The Morgan fingerprint density at radius 1 is 1.17 bits per heavy atom. The topological polar surface area (TPSA) is 9.23 Å². The van der Waals surface area contributed by atoms with E-state index in [0.717, 1.165) is 0 Å². The molecule has 0 unspecified atom stereocenters. The molecule has 0 aromatic heterocycles. The average molecular weight is 209 g/mol. The quantitative estimate of drug-likeness (QED) is 0.510. The van der Waals surface area contributed by atoms with Gasteiger partial charge in [0.15, 0.2) is 9.76 Å². The third-order valence-corrected chi connectivity index (χ3v) is 5.07. The monoisotopic (exact) mass is 208 g/mol. The van der Waals surface area contributed by atoms with Gasteiger partial charge in [-0.15, -0.1) is 0 Å². The Hall–Kier alpha value is 0.467. The highest BCUT2D eigenvalue weighted by Gasteiger charge is 2.26.